The maximum absolute atomic E-state index is 4.80. The van der Waals surface area contributed by atoms with Gasteiger partial charge < -0.3 is 0 Å². The van der Waals surface area contributed by atoms with Gasteiger partial charge in [-0.2, -0.15) is 0 Å². The van der Waals surface area contributed by atoms with Gasteiger partial charge in [0.1, 0.15) is 5.65 Å². The van der Waals surface area contributed by atoms with Gasteiger partial charge in [-0.1, -0.05) is 42.5 Å². The Morgan fingerprint density at radius 1 is 0.815 bits per heavy atom. The van der Waals surface area contributed by atoms with E-state index in [0.717, 1.165) is 18.5 Å². The topological polar surface area (TPSA) is 17.3 Å². The summed E-state index contributed by atoms with van der Waals surface area (Å²) in [5.74, 6) is 0. The third-order valence-electron chi connectivity index (χ3n) is 6.15. The maximum Gasteiger partial charge on any atom is 0.145 e. The number of para-hydroxylation sites is 1. The first-order valence-electron chi connectivity index (χ1n) is 9.62. The van der Waals surface area contributed by atoms with Gasteiger partial charge in [-0.3, -0.25) is 4.40 Å². The number of imidazole rings is 1. The highest BCUT2D eigenvalue weighted by atomic mass is 15.0. The monoisotopic (exact) mass is 348 g/mol. The highest BCUT2D eigenvalue weighted by molar-refractivity contribution is 6.13. The molecule has 0 saturated heterocycles. The van der Waals surface area contributed by atoms with Gasteiger partial charge in [0, 0.05) is 22.7 Å². The lowest BCUT2D eigenvalue weighted by molar-refractivity contribution is 0.877. The van der Waals surface area contributed by atoms with E-state index in [-0.39, 0.29) is 0 Å². The quantitative estimate of drug-likeness (QED) is 0.338. The van der Waals surface area contributed by atoms with E-state index >= 15 is 0 Å². The van der Waals surface area contributed by atoms with Crippen molar-refractivity contribution in [1.82, 2.24) is 9.38 Å². The second-order valence-corrected chi connectivity index (χ2v) is 7.75. The van der Waals surface area contributed by atoms with E-state index in [2.05, 4.69) is 79.0 Å². The summed E-state index contributed by atoms with van der Waals surface area (Å²) in [4.78, 5) is 4.80. The van der Waals surface area contributed by atoms with Crippen molar-refractivity contribution in [1.29, 1.82) is 0 Å². The molecule has 0 unspecified atom stereocenters. The molecule has 1 aliphatic heterocycles. The zero-order valence-corrected chi connectivity index (χ0v) is 15.6. The fraction of sp³-hybridized carbons (Fsp3) is 0.160. The van der Waals surface area contributed by atoms with Crippen LogP contribution in [0.5, 0.6) is 0 Å². The zero-order chi connectivity index (χ0) is 18.1. The number of aryl methyl sites for hydroxylation is 4. The molecular weight excluding hydrogens is 328 g/mol. The van der Waals surface area contributed by atoms with Crippen LogP contribution < -0.4 is 0 Å². The van der Waals surface area contributed by atoms with E-state index < -0.39 is 0 Å². The lowest BCUT2D eigenvalue weighted by Gasteiger charge is -2.19. The number of hydrogen-bond acceptors (Lipinski definition) is 1. The lowest BCUT2D eigenvalue weighted by atomic mass is 9.92. The highest BCUT2D eigenvalue weighted by Crippen LogP contribution is 2.37. The summed E-state index contributed by atoms with van der Waals surface area (Å²) in [5.41, 5.74) is 10.5. The van der Waals surface area contributed by atoms with Gasteiger partial charge in [-0.25, -0.2) is 4.98 Å². The molecule has 0 amide bonds. The normalized spacial score (nSPS) is 13.3. The summed E-state index contributed by atoms with van der Waals surface area (Å²) >= 11 is 0. The summed E-state index contributed by atoms with van der Waals surface area (Å²) < 4.78 is 2.38. The van der Waals surface area contributed by atoms with Crippen LogP contribution in [0.3, 0.4) is 0 Å². The number of aromatic nitrogens is 2. The number of rotatable bonds is 1. The van der Waals surface area contributed by atoms with Crippen LogP contribution in [0, 0.1) is 13.8 Å². The molecule has 2 heteroatoms. The van der Waals surface area contributed by atoms with Crippen LogP contribution in [0.1, 0.15) is 22.4 Å². The molecular formula is C25H20N2. The average molecular weight is 348 g/mol. The minimum absolute atomic E-state index is 1.07. The lowest BCUT2D eigenvalue weighted by Crippen LogP contribution is -2.07. The highest BCUT2D eigenvalue weighted by Gasteiger charge is 2.19. The van der Waals surface area contributed by atoms with Crippen molar-refractivity contribution in [2.24, 2.45) is 0 Å². The Morgan fingerprint density at radius 2 is 1.63 bits per heavy atom. The van der Waals surface area contributed by atoms with Crippen molar-refractivity contribution < 1.29 is 0 Å². The molecule has 27 heavy (non-hydrogen) atoms. The first kappa shape index (κ1) is 15.0. The Hall–Kier alpha value is -3.13. The van der Waals surface area contributed by atoms with Crippen LogP contribution >= 0.6 is 0 Å². The minimum atomic E-state index is 1.07. The smallest absolute Gasteiger partial charge is 0.145 e. The van der Waals surface area contributed by atoms with Crippen molar-refractivity contribution >= 4 is 27.3 Å². The van der Waals surface area contributed by atoms with E-state index in [1.807, 2.05) is 0 Å². The molecule has 0 saturated carbocycles. The Kier molecular flexibility index (Phi) is 2.88. The third-order valence-corrected chi connectivity index (χ3v) is 6.15. The third kappa shape index (κ3) is 1.93. The minimum Gasteiger partial charge on any atom is -0.296 e. The first-order chi connectivity index (χ1) is 13.2. The predicted octanol–water partition coefficient (Wildman–Crippen LogP) is 6.02. The maximum atomic E-state index is 4.80. The molecule has 3 heterocycles. The molecule has 0 spiro atoms. The first-order valence-corrected chi connectivity index (χ1v) is 9.62. The standard InChI is InChI=1S/C25H20N2/c1-15-5-3-6-16(2)23(15)18-10-12-21-22(13-18)20-8-4-7-17-9-11-19-14-26-25(21)27(19)24(17)20/h3-8,10,12-14H,9,11H2,1-2H3. The van der Waals surface area contributed by atoms with Crippen molar-refractivity contribution in [3.05, 3.63) is 83.2 Å². The SMILES string of the molecule is Cc1cccc(C)c1-c1ccc2c(c1)c1cccc3c1n1c(cnc21)CC3. The molecule has 3 aromatic carbocycles. The van der Waals surface area contributed by atoms with Gasteiger partial charge in [-0.15, -0.1) is 0 Å². The molecule has 0 fully saturated rings. The van der Waals surface area contributed by atoms with Gasteiger partial charge in [0.05, 0.1) is 5.52 Å². The van der Waals surface area contributed by atoms with Gasteiger partial charge in [0.2, 0.25) is 0 Å². The summed E-state index contributed by atoms with van der Waals surface area (Å²) in [6.07, 6.45) is 4.23. The second-order valence-electron chi connectivity index (χ2n) is 7.75. The summed E-state index contributed by atoms with van der Waals surface area (Å²) in [7, 11) is 0. The molecule has 130 valence electrons. The van der Waals surface area contributed by atoms with Gasteiger partial charge in [0.15, 0.2) is 0 Å². The molecule has 0 atom stereocenters. The van der Waals surface area contributed by atoms with Gasteiger partial charge >= 0.3 is 0 Å². The summed E-state index contributed by atoms with van der Waals surface area (Å²) in [5, 5.41) is 3.88. The van der Waals surface area contributed by atoms with Crippen LogP contribution in [0.15, 0.2) is 60.8 Å². The van der Waals surface area contributed by atoms with Crippen molar-refractivity contribution in [3.63, 3.8) is 0 Å². The Balaban J connectivity index is 1.80. The molecule has 0 bridgehead atoms. The molecule has 2 nitrogen and oxygen atoms in total. The van der Waals surface area contributed by atoms with E-state index in [1.165, 1.54) is 55.2 Å². The van der Waals surface area contributed by atoms with Crippen LogP contribution in [-0.4, -0.2) is 9.38 Å². The van der Waals surface area contributed by atoms with Crippen LogP contribution in [-0.2, 0) is 12.8 Å². The molecule has 1 aliphatic rings. The number of pyridine rings is 1. The van der Waals surface area contributed by atoms with E-state index in [0.29, 0.717) is 0 Å². The molecule has 0 aliphatic carbocycles. The largest absolute Gasteiger partial charge is 0.296 e. The van der Waals surface area contributed by atoms with E-state index in [1.54, 1.807) is 0 Å². The molecule has 2 aromatic heterocycles. The fourth-order valence-corrected chi connectivity index (χ4v) is 4.93. The second kappa shape index (κ2) is 5.20. The van der Waals surface area contributed by atoms with Gasteiger partial charge in [0.25, 0.3) is 0 Å². The van der Waals surface area contributed by atoms with Crippen LogP contribution in [0.25, 0.3) is 38.4 Å². The van der Waals surface area contributed by atoms with Crippen LogP contribution in [0.2, 0.25) is 0 Å². The van der Waals surface area contributed by atoms with Gasteiger partial charge in [-0.05, 0) is 72.0 Å². The Bertz CT molecular complexity index is 1370. The summed E-state index contributed by atoms with van der Waals surface area (Å²) in [6, 6.07) is 20.2. The molecule has 0 N–H and O–H groups in total. The number of benzene rings is 3. The van der Waals surface area contributed by atoms with Crippen molar-refractivity contribution in [3.8, 4) is 11.1 Å². The fourth-order valence-electron chi connectivity index (χ4n) is 4.93. The number of fused-ring (bicyclic) bond motifs is 3. The number of hydrogen-bond donors (Lipinski definition) is 0. The van der Waals surface area contributed by atoms with E-state index in [4.69, 9.17) is 4.98 Å². The summed E-state index contributed by atoms with van der Waals surface area (Å²) in [6.45, 7) is 4.40. The molecule has 5 aromatic rings. The van der Waals surface area contributed by atoms with Crippen molar-refractivity contribution in [2.45, 2.75) is 26.7 Å². The molecule has 6 rings (SSSR count). The average Bonchev–Trinajstić information content (AvgIpc) is 3.12. The Morgan fingerprint density at radius 3 is 2.48 bits per heavy atom. The number of nitrogens with zero attached hydrogens (tertiary/aromatic N) is 2. The predicted molar refractivity (Wildman–Crippen MR) is 113 cm³/mol. The van der Waals surface area contributed by atoms with E-state index in [9.17, 15) is 0 Å². The van der Waals surface area contributed by atoms with Crippen LogP contribution in [0.4, 0.5) is 0 Å². The zero-order valence-electron chi connectivity index (χ0n) is 15.6. The molecule has 0 radical (unpaired) electrons. The Labute approximate surface area is 158 Å². The van der Waals surface area contributed by atoms with Crippen molar-refractivity contribution in [2.75, 3.05) is 0 Å².